The highest BCUT2D eigenvalue weighted by molar-refractivity contribution is 5.82. The van der Waals surface area contributed by atoms with E-state index in [0.29, 0.717) is 29.0 Å². The lowest BCUT2D eigenvalue weighted by Gasteiger charge is -2.16. The molecule has 0 saturated heterocycles. The number of halogens is 2. The summed E-state index contributed by atoms with van der Waals surface area (Å²) in [6.45, 7) is 1.87. The Labute approximate surface area is 159 Å². The summed E-state index contributed by atoms with van der Waals surface area (Å²) in [5.74, 6) is -2.44. The van der Waals surface area contributed by atoms with E-state index in [2.05, 4.69) is 0 Å². The Morgan fingerprint density at radius 1 is 1.14 bits per heavy atom. The maximum atomic E-state index is 13.9. The van der Waals surface area contributed by atoms with Crippen LogP contribution in [0.4, 0.5) is 8.78 Å². The fourth-order valence-corrected chi connectivity index (χ4v) is 3.19. The van der Waals surface area contributed by atoms with E-state index in [1.807, 2.05) is 6.92 Å². The molecule has 0 fully saturated rings. The number of hydrogen-bond acceptors (Lipinski definition) is 3. The molecule has 2 aromatic carbocycles. The van der Waals surface area contributed by atoms with Gasteiger partial charge in [0.2, 0.25) is 0 Å². The van der Waals surface area contributed by atoms with Crippen LogP contribution in [-0.2, 0) is 24.2 Å². The van der Waals surface area contributed by atoms with Gasteiger partial charge in [-0.3, -0.25) is 9.59 Å². The molecular weight excluding hydrogens is 368 g/mol. The monoisotopic (exact) mass is 387 g/mol. The lowest BCUT2D eigenvalue weighted by atomic mass is 10.0. The van der Waals surface area contributed by atoms with Crippen LogP contribution in [0.25, 0.3) is 10.9 Å². The number of carboxylic acids is 1. The van der Waals surface area contributed by atoms with Crippen molar-refractivity contribution < 1.29 is 23.4 Å². The Bertz CT molecular complexity index is 1090. The molecule has 1 aromatic heterocycles. The zero-order valence-corrected chi connectivity index (χ0v) is 15.2. The fraction of sp³-hybridized carbons (Fsp3) is 0.238. The Hall–Kier alpha value is -3.22. The maximum absolute atomic E-state index is 13.9. The van der Waals surface area contributed by atoms with Crippen molar-refractivity contribution in [2.45, 2.75) is 26.3 Å². The van der Waals surface area contributed by atoms with Crippen molar-refractivity contribution in [3.8, 4) is 5.75 Å². The third-order valence-corrected chi connectivity index (χ3v) is 4.46. The Kier molecular flexibility index (Phi) is 5.73. The fourth-order valence-electron chi connectivity index (χ4n) is 3.19. The standard InChI is InChI=1S/C21H19F2NO4/c1-2-28-15-8-9-16-18(11-15)24(12-20(26)27)14(10-19(16)25)7-6-13-4-3-5-17(22)21(13)23/h3-5,8-11H,2,6-7,12H2,1H3,(H,26,27). The van der Waals surface area contributed by atoms with Crippen molar-refractivity contribution in [2.75, 3.05) is 6.61 Å². The molecule has 5 nitrogen and oxygen atoms in total. The highest BCUT2D eigenvalue weighted by Gasteiger charge is 2.14. The number of aromatic nitrogens is 1. The van der Waals surface area contributed by atoms with E-state index >= 15 is 0 Å². The number of carbonyl (C=O) groups is 1. The Morgan fingerprint density at radius 2 is 1.93 bits per heavy atom. The summed E-state index contributed by atoms with van der Waals surface area (Å²) in [6, 6.07) is 10.1. The average Bonchev–Trinajstić information content (AvgIpc) is 2.65. The second kappa shape index (κ2) is 8.21. The van der Waals surface area contributed by atoms with Gasteiger partial charge in [-0.05, 0) is 43.5 Å². The molecule has 0 spiro atoms. The van der Waals surface area contributed by atoms with Gasteiger partial charge < -0.3 is 14.4 Å². The second-order valence-corrected chi connectivity index (χ2v) is 6.30. The molecule has 1 N–H and O–H groups in total. The van der Waals surface area contributed by atoms with Crippen molar-refractivity contribution in [2.24, 2.45) is 0 Å². The van der Waals surface area contributed by atoms with E-state index in [1.165, 1.54) is 22.8 Å². The largest absolute Gasteiger partial charge is 0.494 e. The van der Waals surface area contributed by atoms with Gasteiger partial charge in [-0.1, -0.05) is 12.1 Å². The molecule has 1 heterocycles. The quantitative estimate of drug-likeness (QED) is 0.673. The molecule has 3 aromatic rings. The van der Waals surface area contributed by atoms with Crippen LogP contribution >= 0.6 is 0 Å². The summed E-state index contributed by atoms with van der Waals surface area (Å²) in [5.41, 5.74) is 0.750. The first-order chi connectivity index (χ1) is 13.4. The van der Waals surface area contributed by atoms with Gasteiger partial charge in [0.15, 0.2) is 17.1 Å². The van der Waals surface area contributed by atoms with Gasteiger partial charge >= 0.3 is 5.97 Å². The minimum absolute atomic E-state index is 0.124. The first-order valence-corrected chi connectivity index (χ1v) is 8.84. The highest BCUT2D eigenvalue weighted by atomic mass is 19.2. The number of aryl methyl sites for hydroxylation is 2. The molecule has 0 aliphatic heterocycles. The number of nitrogens with zero attached hydrogens (tertiary/aromatic N) is 1. The van der Waals surface area contributed by atoms with Gasteiger partial charge in [-0.25, -0.2) is 8.78 Å². The Morgan fingerprint density at radius 3 is 2.64 bits per heavy atom. The number of rotatable bonds is 7. The summed E-state index contributed by atoms with van der Waals surface area (Å²) >= 11 is 0. The lowest BCUT2D eigenvalue weighted by Crippen LogP contribution is -2.19. The summed E-state index contributed by atoms with van der Waals surface area (Å²) in [4.78, 5) is 23.9. The number of benzene rings is 2. The molecule has 0 atom stereocenters. The van der Waals surface area contributed by atoms with Gasteiger partial charge in [0, 0.05) is 23.2 Å². The Balaban J connectivity index is 2.08. The van der Waals surface area contributed by atoms with E-state index in [4.69, 9.17) is 4.74 Å². The lowest BCUT2D eigenvalue weighted by molar-refractivity contribution is -0.137. The van der Waals surface area contributed by atoms with E-state index in [1.54, 1.807) is 18.2 Å². The van der Waals surface area contributed by atoms with Crippen LogP contribution in [0.2, 0.25) is 0 Å². The van der Waals surface area contributed by atoms with Gasteiger partial charge in [-0.15, -0.1) is 0 Å². The summed E-state index contributed by atoms with van der Waals surface area (Å²) in [6.07, 6.45) is 0.303. The summed E-state index contributed by atoms with van der Waals surface area (Å²) < 4.78 is 34.3. The van der Waals surface area contributed by atoms with Crippen LogP contribution in [-0.4, -0.2) is 22.2 Å². The number of hydrogen-bond donors (Lipinski definition) is 1. The van der Waals surface area contributed by atoms with Crippen molar-refractivity contribution in [3.05, 3.63) is 75.6 Å². The molecule has 0 amide bonds. The van der Waals surface area contributed by atoms with Gasteiger partial charge in [0.05, 0.1) is 12.1 Å². The third-order valence-electron chi connectivity index (χ3n) is 4.46. The van der Waals surface area contributed by atoms with Crippen molar-refractivity contribution >= 4 is 16.9 Å². The van der Waals surface area contributed by atoms with Gasteiger partial charge in [0.1, 0.15) is 12.3 Å². The summed E-state index contributed by atoms with van der Waals surface area (Å²) in [7, 11) is 0. The zero-order chi connectivity index (χ0) is 20.3. The number of pyridine rings is 1. The molecule has 0 radical (unpaired) electrons. The van der Waals surface area contributed by atoms with Crippen molar-refractivity contribution in [1.29, 1.82) is 0 Å². The molecule has 0 unspecified atom stereocenters. The molecule has 0 saturated carbocycles. The highest BCUT2D eigenvalue weighted by Crippen LogP contribution is 2.22. The number of aliphatic carboxylic acids is 1. The second-order valence-electron chi connectivity index (χ2n) is 6.30. The van der Waals surface area contributed by atoms with Crippen LogP contribution in [0.5, 0.6) is 5.75 Å². The predicted octanol–water partition coefficient (Wildman–Crippen LogP) is 3.55. The van der Waals surface area contributed by atoms with E-state index in [-0.39, 0.29) is 30.4 Å². The van der Waals surface area contributed by atoms with Crippen molar-refractivity contribution in [1.82, 2.24) is 4.57 Å². The smallest absolute Gasteiger partial charge is 0.323 e. The minimum atomic E-state index is -1.08. The predicted molar refractivity (Wildman–Crippen MR) is 101 cm³/mol. The number of ether oxygens (including phenoxy) is 1. The van der Waals surface area contributed by atoms with Crippen LogP contribution in [0.15, 0.2) is 47.3 Å². The molecule has 3 rings (SSSR count). The summed E-state index contributed by atoms with van der Waals surface area (Å²) in [5, 5.41) is 9.68. The normalized spacial score (nSPS) is 11.0. The van der Waals surface area contributed by atoms with Crippen LogP contribution in [0, 0.1) is 11.6 Å². The van der Waals surface area contributed by atoms with Crippen molar-refractivity contribution in [3.63, 3.8) is 0 Å². The minimum Gasteiger partial charge on any atom is -0.494 e. The van der Waals surface area contributed by atoms with Crippen LogP contribution in [0.1, 0.15) is 18.2 Å². The zero-order valence-electron chi connectivity index (χ0n) is 15.2. The van der Waals surface area contributed by atoms with E-state index < -0.39 is 17.6 Å². The first-order valence-electron chi connectivity index (χ1n) is 8.84. The van der Waals surface area contributed by atoms with Crippen LogP contribution in [0.3, 0.4) is 0 Å². The third kappa shape index (κ3) is 4.03. The molecule has 7 heteroatoms. The molecule has 0 aliphatic carbocycles. The maximum Gasteiger partial charge on any atom is 0.323 e. The first kappa shape index (κ1) is 19.5. The number of carboxylic acid groups (broad SMARTS) is 1. The average molecular weight is 387 g/mol. The molecule has 28 heavy (non-hydrogen) atoms. The van der Waals surface area contributed by atoms with Gasteiger partial charge in [-0.2, -0.15) is 0 Å². The molecule has 0 aliphatic rings. The van der Waals surface area contributed by atoms with Crippen LogP contribution < -0.4 is 10.2 Å². The topological polar surface area (TPSA) is 68.5 Å². The SMILES string of the molecule is CCOc1ccc2c(=O)cc(CCc3cccc(F)c3F)n(CC(=O)O)c2c1. The molecule has 146 valence electrons. The number of fused-ring (bicyclic) bond motifs is 1. The van der Waals surface area contributed by atoms with Gasteiger partial charge in [0.25, 0.3) is 0 Å². The molecular formula is C21H19F2NO4. The van der Waals surface area contributed by atoms with E-state index in [9.17, 15) is 23.5 Å². The van der Waals surface area contributed by atoms with E-state index in [0.717, 1.165) is 6.07 Å². The molecule has 0 bridgehead atoms.